The van der Waals surface area contributed by atoms with E-state index in [0.717, 1.165) is 27.7 Å². The second-order valence-electron chi connectivity index (χ2n) is 4.57. The summed E-state index contributed by atoms with van der Waals surface area (Å²) in [6.45, 7) is 4.19. The molecule has 0 bridgehead atoms. The molecular weight excluding hydrogens is 277 g/mol. The summed E-state index contributed by atoms with van der Waals surface area (Å²) in [5.74, 6) is 0. The van der Waals surface area contributed by atoms with E-state index in [-0.39, 0.29) is 6.04 Å². The van der Waals surface area contributed by atoms with E-state index in [2.05, 4.69) is 30.4 Å². The van der Waals surface area contributed by atoms with Gasteiger partial charge in [-0.05, 0) is 48.7 Å². The Hall–Kier alpha value is -1.18. The topological polar surface area (TPSA) is 12.0 Å². The van der Waals surface area contributed by atoms with Crippen molar-refractivity contribution in [3.05, 3.63) is 63.6 Å². The van der Waals surface area contributed by atoms with Crippen LogP contribution in [0.5, 0.6) is 0 Å². The molecule has 2 aromatic carbocycles. The van der Waals surface area contributed by atoms with Crippen molar-refractivity contribution in [2.24, 2.45) is 0 Å². The standard InChI is InChI=1S/C16H17Cl2N/c1-3-15(12-7-9-13(17)10-8-12)19-16-6-4-5-14(18)11(16)2/h4-10,15,19H,3H2,1-2H3. The van der Waals surface area contributed by atoms with Crippen molar-refractivity contribution in [2.45, 2.75) is 26.3 Å². The van der Waals surface area contributed by atoms with Gasteiger partial charge in [0.1, 0.15) is 0 Å². The van der Waals surface area contributed by atoms with Gasteiger partial charge in [0.15, 0.2) is 0 Å². The third kappa shape index (κ3) is 3.43. The summed E-state index contributed by atoms with van der Waals surface area (Å²) < 4.78 is 0. The fourth-order valence-corrected chi connectivity index (χ4v) is 2.37. The van der Waals surface area contributed by atoms with E-state index in [1.807, 2.05) is 31.2 Å². The maximum Gasteiger partial charge on any atom is 0.0511 e. The molecule has 1 nitrogen and oxygen atoms in total. The minimum Gasteiger partial charge on any atom is -0.378 e. The van der Waals surface area contributed by atoms with E-state index >= 15 is 0 Å². The third-order valence-electron chi connectivity index (χ3n) is 3.28. The lowest BCUT2D eigenvalue weighted by Crippen LogP contribution is -2.10. The quantitative estimate of drug-likeness (QED) is 0.744. The van der Waals surface area contributed by atoms with E-state index < -0.39 is 0 Å². The van der Waals surface area contributed by atoms with Gasteiger partial charge in [-0.2, -0.15) is 0 Å². The number of hydrogen-bond donors (Lipinski definition) is 1. The first kappa shape index (κ1) is 14.2. The van der Waals surface area contributed by atoms with Crippen molar-refractivity contribution in [1.82, 2.24) is 0 Å². The van der Waals surface area contributed by atoms with Crippen molar-refractivity contribution in [2.75, 3.05) is 5.32 Å². The van der Waals surface area contributed by atoms with Gasteiger partial charge in [0, 0.05) is 15.7 Å². The SMILES string of the molecule is CCC(Nc1cccc(Cl)c1C)c1ccc(Cl)cc1. The van der Waals surface area contributed by atoms with Crippen LogP contribution in [0.15, 0.2) is 42.5 Å². The highest BCUT2D eigenvalue weighted by Gasteiger charge is 2.11. The summed E-state index contributed by atoms with van der Waals surface area (Å²) >= 11 is 12.1. The Kier molecular flexibility index (Phi) is 4.73. The average molecular weight is 294 g/mol. The summed E-state index contributed by atoms with van der Waals surface area (Å²) in [6.07, 6.45) is 0.994. The normalized spacial score (nSPS) is 12.2. The number of benzene rings is 2. The number of rotatable bonds is 4. The lowest BCUT2D eigenvalue weighted by Gasteiger charge is -2.20. The molecule has 1 atom stereocenters. The van der Waals surface area contributed by atoms with Gasteiger partial charge in [0.2, 0.25) is 0 Å². The van der Waals surface area contributed by atoms with Crippen LogP contribution in [0.1, 0.15) is 30.5 Å². The zero-order valence-electron chi connectivity index (χ0n) is 11.1. The van der Waals surface area contributed by atoms with Crippen molar-refractivity contribution >= 4 is 28.9 Å². The number of anilines is 1. The highest BCUT2D eigenvalue weighted by Crippen LogP contribution is 2.28. The Bertz CT molecular complexity index is 549. The Morgan fingerprint density at radius 3 is 2.37 bits per heavy atom. The number of halogens is 2. The molecule has 0 amide bonds. The Labute approximate surface area is 124 Å². The van der Waals surface area contributed by atoms with E-state index in [1.165, 1.54) is 5.56 Å². The summed E-state index contributed by atoms with van der Waals surface area (Å²) in [5.41, 5.74) is 3.39. The van der Waals surface area contributed by atoms with Crippen molar-refractivity contribution in [1.29, 1.82) is 0 Å². The molecule has 1 N–H and O–H groups in total. The van der Waals surface area contributed by atoms with Gasteiger partial charge in [0.25, 0.3) is 0 Å². The van der Waals surface area contributed by atoms with Crippen LogP contribution in [0.2, 0.25) is 10.0 Å². The fraction of sp³-hybridized carbons (Fsp3) is 0.250. The molecule has 19 heavy (non-hydrogen) atoms. The van der Waals surface area contributed by atoms with E-state index in [4.69, 9.17) is 23.2 Å². The molecule has 0 aliphatic carbocycles. The van der Waals surface area contributed by atoms with E-state index in [9.17, 15) is 0 Å². The first-order chi connectivity index (χ1) is 9.11. The molecule has 0 aromatic heterocycles. The fourth-order valence-electron chi connectivity index (χ4n) is 2.07. The molecule has 3 heteroatoms. The summed E-state index contributed by atoms with van der Waals surface area (Å²) in [5, 5.41) is 5.10. The largest absolute Gasteiger partial charge is 0.378 e. The molecule has 0 aliphatic heterocycles. The predicted octanol–water partition coefficient (Wildman–Crippen LogP) is 5.87. The summed E-state index contributed by atoms with van der Waals surface area (Å²) in [4.78, 5) is 0. The lowest BCUT2D eigenvalue weighted by molar-refractivity contribution is 0.748. The molecule has 0 fully saturated rings. The third-order valence-corrected chi connectivity index (χ3v) is 3.94. The molecule has 2 aromatic rings. The zero-order chi connectivity index (χ0) is 13.8. The zero-order valence-corrected chi connectivity index (χ0v) is 12.6. The molecule has 0 heterocycles. The summed E-state index contributed by atoms with van der Waals surface area (Å²) in [6, 6.07) is 14.1. The average Bonchev–Trinajstić information content (AvgIpc) is 2.42. The van der Waals surface area contributed by atoms with Crippen LogP contribution < -0.4 is 5.32 Å². The molecule has 0 saturated carbocycles. The molecule has 100 valence electrons. The molecule has 0 saturated heterocycles. The molecule has 1 unspecified atom stereocenters. The van der Waals surface area contributed by atoms with E-state index in [0.29, 0.717) is 0 Å². The molecule has 0 radical (unpaired) electrons. The highest BCUT2D eigenvalue weighted by atomic mass is 35.5. The van der Waals surface area contributed by atoms with Gasteiger partial charge in [-0.1, -0.05) is 48.3 Å². The Morgan fingerprint density at radius 2 is 1.74 bits per heavy atom. The smallest absolute Gasteiger partial charge is 0.0511 e. The minimum absolute atomic E-state index is 0.259. The van der Waals surface area contributed by atoms with Gasteiger partial charge in [0.05, 0.1) is 6.04 Å². The molecule has 2 rings (SSSR count). The first-order valence-electron chi connectivity index (χ1n) is 6.39. The van der Waals surface area contributed by atoms with Crippen LogP contribution in [-0.2, 0) is 0 Å². The maximum atomic E-state index is 6.15. The number of nitrogens with one attached hydrogen (secondary N) is 1. The minimum atomic E-state index is 0.259. The lowest BCUT2D eigenvalue weighted by atomic mass is 10.0. The van der Waals surface area contributed by atoms with E-state index in [1.54, 1.807) is 0 Å². The maximum absolute atomic E-state index is 6.15. The van der Waals surface area contributed by atoms with Gasteiger partial charge in [-0.15, -0.1) is 0 Å². The van der Waals surface area contributed by atoms with Crippen molar-refractivity contribution in [3.8, 4) is 0 Å². The second kappa shape index (κ2) is 6.31. The Balaban J connectivity index is 2.24. The second-order valence-corrected chi connectivity index (χ2v) is 5.41. The van der Waals surface area contributed by atoms with Gasteiger partial charge in [-0.25, -0.2) is 0 Å². The predicted molar refractivity (Wildman–Crippen MR) is 84.3 cm³/mol. The van der Waals surface area contributed by atoms with Crippen LogP contribution in [0.3, 0.4) is 0 Å². The van der Waals surface area contributed by atoms with Crippen LogP contribution >= 0.6 is 23.2 Å². The van der Waals surface area contributed by atoms with Crippen molar-refractivity contribution < 1.29 is 0 Å². The Morgan fingerprint density at radius 1 is 1.05 bits per heavy atom. The van der Waals surface area contributed by atoms with Crippen LogP contribution in [0.4, 0.5) is 5.69 Å². The first-order valence-corrected chi connectivity index (χ1v) is 7.14. The monoisotopic (exact) mass is 293 g/mol. The van der Waals surface area contributed by atoms with Crippen molar-refractivity contribution in [3.63, 3.8) is 0 Å². The van der Waals surface area contributed by atoms with Gasteiger partial charge in [-0.3, -0.25) is 0 Å². The van der Waals surface area contributed by atoms with Crippen LogP contribution in [-0.4, -0.2) is 0 Å². The van der Waals surface area contributed by atoms with Gasteiger partial charge >= 0.3 is 0 Å². The molecule has 0 aliphatic rings. The molecular formula is C16H17Cl2N. The number of hydrogen-bond acceptors (Lipinski definition) is 1. The highest BCUT2D eigenvalue weighted by molar-refractivity contribution is 6.31. The molecule has 0 spiro atoms. The van der Waals surface area contributed by atoms with Crippen LogP contribution in [0, 0.1) is 6.92 Å². The van der Waals surface area contributed by atoms with Gasteiger partial charge < -0.3 is 5.32 Å². The van der Waals surface area contributed by atoms with Crippen LogP contribution in [0.25, 0.3) is 0 Å². The summed E-state index contributed by atoms with van der Waals surface area (Å²) in [7, 11) is 0.